The minimum atomic E-state index is -2.86. The van der Waals surface area contributed by atoms with Crippen LogP contribution in [0.2, 0.25) is 0 Å². The van der Waals surface area contributed by atoms with E-state index in [-0.39, 0.29) is 6.54 Å². The van der Waals surface area contributed by atoms with Crippen molar-refractivity contribution in [1.29, 1.82) is 0 Å². The molecule has 0 saturated heterocycles. The number of aryl methyl sites for hydroxylation is 1. The molecule has 7 heteroatoms. The predicted octanol–water partition coefficient (Wildman–Crippen LogP) is 3.60. The Kier molecular flexibility index (Phi) is 3.62. The van der Waals surface area contributed by atoms with Crippen molar-refractivity contribution in [1.82, 2.24) is 10.3 Å². The molecule has 3 aromatic rings. The van der Waals surface area contributed by atoms with Crippen molar-refractivity contribution in [3.05, 3.63) is 53.4 Å². The molecule has 0 unspecified atom stereocenters. The van der Waals surface area contributed by atoms with E-state index in [1.165, 1.54) is 0 Å². The van der Waals surface area contributed by atoms with Crippen molar-refractivity contribution in [2.24, 2.45) is 0 Å². The lowest BCUT2D eigenvalue weighted by Crippen LogP contribution is -2.23. The van der Waals surface area contributed by atoms with Crippen molar-refractivity contribution in [3.8, 4) is 0 Å². The number of halogens is 2. The SMILES string of the molecule is Cc1oc2ccccc2c1CNC(=O)c1ocnc1C(F)F. The molecular weight excluding hydrogens is 294 g/mol. The molecule has 0 atom stereocenters. The van der Waals surface area contributed by atoms with E-state index in [1.807, 2.05) is 24.3 Å². The molecule has 0 radical (unpaired) electrons. The first-order chi connectivity index (χ1) is 10.6. The van der Waals surface area contributed by atoms with Gasteiger partial charge in [0.25, 0.3) is 12.3 Å². The number of nitrogens with zero attached hydrogens (tertiary/aromatic N) is 1. The van der Waals surface area contributed by atoms with Crippen LogP contribution in [0.3, 0.4) is 0 Å². The van der Waals surface area contributed by atoms with E-state index in [0.29, 0.717) is 11.3 Å². The fourth-order valence-corrected chi connectivity index (χ4v) is 2.27. The Morgan fingerprint density at radius 1 is 1.36 bits per heavy atom. The molecule has 0 saturated carbocycles. The van der Waals surface area contributed by atoms with Crippen molar-refractivity contribution >= 4 is 16.9 Å². The van der Waals surface area contributed by atoms with Gasteiger partial charge >= 0.3 is 0 Å². The van der Waals surface area contributed by atoms with E-state index in [2.05, 4.69) is 10.3 Å². The van der Waals surface area contributed by atoms with Crippen molar-refractivity contribution < 1.29 is 22.4 Å². The summed E-state index contributed by atoms with van der Waals surface area (Å²) in [6, 6.07) is 7.39. The summed E-state index contributed by atoms with van der Waals surface area (Å²) >= 11 is 0. The van der Waals surface area contributed by atoms with Crippen LogP contribution >= 0.6 is 0 Å². The number of benzene rings is 1. The second kappa shape index (κ2) is 5.59. The monoisotopic (exact) mass is 306 g/mol. The van der Waals surface area contributed by atoms with Gasteiger partial charge in [0, 0.05) is 17.5 Å². The maximum absolute atomic E-state index is 12.7. The van der Waals surface area contributed by atoms with Gasteiger partial charge in [0.1, 0.15) is 11.3 Å². The Hall–Kier alpha value is -2.70. The Morgan fingerprint density at radius 2 is 2.14 bits per heavy atom. The first-order valence-electron chi connectivity index (χ1n) is 6.54. The minimum absolute atomic E-state index is 0.144. The predicted molar refractivity (Wildman–Crippen MR) is 73.6 cm³/mol. The molecule has 1 aromatic carbocycles. The van der Waals surface area contributed by atoms with Gasteiger partial charge in [0.2, 0.25) is 5.76 Å². The number of amides is 1. The van der Waals surface area contributed by atoms with Crippen molar-refractivity contribution in [3.63, 3.8) is 0 Å². The van der Waals surface area contributed by atoms with Crippen LogP contribution in [-0.4, -0.2) is 10.9 Å². The molecule has 114 valence electrons. The van der Waals surface area contributed by atoms with E-state index >= 15 is 0 Å². The number of carbonyl (C=O) groups excluding carboxylic acids is 1. The van der Waals surface area contributed by atoms with Crippen LogP contribution in [0.5, 0.6) is 0 Å². The van der Waals surface area contributed by atoms with Gasteiger partial charge < -0.3 is 14.2 Å². The molecule has 22 heavy (non-hydrogen) atoms. The summed E-state index contributed by atoms with van der Waals surface area (Å²) in [6.07, 6.45) is -2.04. The van der Waals surface area contributed by atoms with E-state index in [1.54, 1.807) is 6.92 Å². The average Bonchev–Trinajstić information content (AvgIpc) is 3.09. The Bertz CT molecular complexity index is 823. The Morgan fingerprint density at radius 3 is 2.91 bits per heavy atom. The number of nitrogens with one attached hydrogen (secondary N) is 1. The highest BCUT2D eigenvalue weighted by atomic mass is 19.3. The van der Waals surface area contributed by atoms with Crippen LogP contribution in [-0.2, 0) is 6.54 Å². The van der Waals surface area contributed by atoms with Crippen LogP contribution in [0.4, 0.5) is 8.78 Å². The van der Waals surface area contributed by atoms with Gasteiger partial charge in [0.05, 0.1) is 0 Å². The van der Waals surface area contributed by atoms with E-state index in [0.717, 1.165) is 17.3 Å². The molecule has 2 aromatic heterocycles. The van der Waals surface area contributed by atoms with E-state index < -0.39 is 23.8 Å². The fraction of sp³-hybridized carbons (Fsp3) is 0.200. The van der Waals surface area contributed by atoms with Gasteiger partial charge in [-0.2, -0.15) is 0 Å². The molecular formula is C15H12F2N2O3. The molecule has 0 aliphatic heterocycles. The highest BCUT2D eigenvalue weighted by molar-refractivity contribution is 5.93. The summed E-state index contributed by atoms with van der Waals surface area (Å²) in [5.74, 6) is -0.550. The molecule has 0 aliphatic carbocycles. The van der Waals surface area contributed by atoms with E-state index in [4.69, 9.17) is 8.83 Å². The van der Waals surface area contributed by atoms with Crippen LogP contribution in [0, 0.1) is 6.92 Å². The number of aromatic nitrogens is 1. The van der Waals surface area contributed by atoms with Crippen molar-refractivity contribution in [2.45, 2.75) is 19.9 Å². The summed E-state index contributed by atoms with van der Waals surface area (Å²) in [4.78, 5) is 15.3. The van der Waals surface area contributed by atoms with Crippen LogP contribution in [0.1, 0.15) is 34.0 Å². The average molecular weight is 306 g/mol. The zero-order valence-electron chi connectivity index (χ0n) is 11.6. The number of para-hydroxylation sites is 1. The zero-order valence-corrected chi connectivity index (χ0v) is 11.6. The lowest BCUT2D eigenvalue weighted by molar-refractivity contribution is 0.0904. The lowest BCUT2D eigenvalue weighted by Gasteiger charge is -2.04. The Balaban J connectivity index is 1.81. The van der Waals surface area contributed by atoms with Crippen molar-refractivity contribution in [2.75, 3.05) is 0 Å². The largest absolute Gasteiger partial charge is 0.461 e. The quantitative estimate of drug-likeness (QED) is 0.799. The third kappa shape index (κ3) is 2.45. The lowest BCUT2D eigenvalue weighted by atomic mass is 10.1. The molecule has 2 heterocycles. The molecule has 1 N–H and O–H groups in total. The Labute approximate surface area is 123 Å². The number of carbonyl (C=O) groups is 1. The maximum atomic E-state index is 12.7. The number of hydrogen-bond donors (Lipinski definition) is 1. The van der Waals surface area contributed by atoms with Gasteiger partial charge in [-0.1, -0.05) is 18.2 Å². The normalized spacial score (nSPS) is 11.3. The molecule has 0 aliphatic rings. The number of furan rings is 1. The summed E-state index contributed by atoms with van der Waals surface area (Å²) in [6.45, 7) is 1.92. The topological polar surface area (TPSA) is 68.3 Å². The molecule has 3 rings (SSSR count). The summed E-state index contributed by atoms with van der Waals surface area (Å²) in [5.41, 5.74) is 0.838. The van der Waals surface area contributed by atoms with Crippen LogP contribution in [0.15, 0.2) is 39.5 Å². The van der Waals surface area contributed by atoms with Gasteiger partial charge in [-0.25, -0.2) is 13.8 Å². The molecule has 1 amide bonds. The third-order valence-corrected chi connectivity index (χ3v) is 3.33. The van der Waals surface area contributed by atoms with Gasteiger partial charge in [-0.15, -0.1) is 0 Å². The molecule has 5 nitrogen and oxygen atoms in total. The minimum Gasteiger partial charge on any atom is -0.461 e. The van der Waals surface area contributed by atoms with Crippen LogP contribution < -0.4 is 5.32 Å². The zero-order chi connectivity index (χ0) is 15.7. The molecule has 0 spiro atoms. The second-order valence-electron chi connectivity index (χ2n) is 4.68. The fourth-order valence-electron chi connectivity index (χ4n) is 2.27. The summed E-state index contributed by atoms with van der Waals surface area (Å²) < 4.78 is 35.7. The second-order valence-corrected chi connectivity index (χ2v) is 4.68. The number of rotatable bonds is 4. The first kappa shape index (κ1) is 14.2. The maximum Gasteiger partial charge on any atom is 0.289 e. The summed E-state index contributed by atoms with van der Waals surface area (Å²) in [5, 5.41) is 3.42. The van der Waals surface area contributed by atoms with Crippen LogP contribution in [0.25, 0.3) is 11.0 Å². The van der Waals surface area contributed by atoms with E-state index in [9.17, 15) is 13.6 Å². The van der Waals surface area contributed by atoms with Gasteiger partial charge in [0.15, 0.2) is 12.1 Å². The number of oxazole rings is 1. The number of alkyl halides is 2. The molecule has 0 fully saturated rings. The smallest absolute Gasteiger partial charge is 0.289 e. The molecule has 0 bridgehead atoms. The highest BCUT2D eigenvalue weighted by Crippen LogP contribution is 2.25. The number of hydrogen-bond acceptors (Lipinski definition) is 4. The van der Waals surface area contributed by atoms with Gasteiger partial charge in [-0.3, -0.25) is 4.79 Å². The number of fused-ring (bicyclic) bond motifs is 1. The van der Waals surface area contributed by atoms with Gasteiger partial charge in [-0.05, 0) is 13.0 Å². The third-order valence-electron chi connectivity index (χ3n) is 3.33. The summed E-state index contributed by atoms with van der Waals surface area (Å²) in [7, 11) is 0. The standard InChI is InChI=1S/C15H12F2N2O3/c1-8-10(9-4-2-3-5-11(9)22-8)6-18-15(20)13-12(14(16)17)19-7-21-13/h2-5,7,14H,6H2,1H3,(H,18,20). The highest BCUT2D eigenvalue weighted by Gasteiger charge is 2.24. The first-order valence-corrected chi connectivity index (χ1v) is 6.54.